The Morgan fingerprint density at radius 2 is 1.21 bits per heavy atom. The Balaban J connectivity index is 2.16. The molecule has 1 N–H and O–H groups in total. The van der Waals surface area contributed by atoms with Crippen LogP contribution in [0.3, 0.4) is 0 Å². The molecule has 0 spiro atoms. The number of aliphatic hydroxyl groups is 1. The largest absolute Gasteiger partial charge is 0.396 e. The van der Waals surface area contributed by atoms with Crippen LogP contribution in [-0.4, -0.2) is 21.3 Å². The standard InChI is InChI=1S/C25H23IN2O/c1-19-23(17-18-29)27-24(26)28(19)25(20-11-5-2-6-12-20,21-13-7-3-8-14-21)22-15-9-4-10-16-22/h2-16,29H,17-18H2,1H3. The van der Waals surface area contributed by atoms with Crippen molar-refractivity contribution in [1.29, 1.82) is 0 Å². The van der Waals surface area contributed by atoms with Crippen LogP contribution in [0.1, 0.15) is 28.1 Å². The molecule has 0 aliphatic rings. The summed E-state index contributed by atoms with van der Waals surface area (Å²) in [4.78, 5) is 4.83. The summed E-state index contributed by atoms with van der Waals surface area (Å²) in [7, 11) is 0. The van der Waals surface area contributed by atoms with Crippen molar-refractivity contribution in [2.24, 2.45) is 0 Å². The van der Waals surface area contributed by atoms with Gasteiger partial charge in [-0.15, -0.1) is 0 Å². The third-order valence-corrected chi connectivity index (χ3v) is 6.15. The Morgan fingerprint density at radius 3 is 1.59 bits per heavy atom. The average Bonchev–Trinajstić information content (AvgIpc) is 3.05. The second-order valence-corrected chi connectivity index (χ2v) is 8.00. The Morgan fingerprint density at radius 1 is 0.793 bits per heavy atom. The van der Waals surface area contributed by atoms with E-state index in [1.807, 2.05) is 18.2 Å². The summed E-state index contributed by atoms with van der Waals surface area (Å²) in [6, 6.07) is 31.8. The fourth-order valence-electron chi connectivity index (χ4n) is 4.17. The lowest BCUT2D eigenvalue weighted by Crippen LogP contribution is -2.39. The van der Waals surface area contributed by atoms with Gasteiger partial charge < -0.3 is 9.67 Å². The quantitative estimate of drug-likeness (QED) is 0.297. The highest BCUT2D eigenvalue weighted by Crippen LogP contribution is 2.43. The summed E-state index contributed by atoms with van der Waals surface area (Å²) in [5.74, 6) is 0. The number of hydrogen-bond donors (Lipinski definition) is 1. The fraction of sp³-hybridized carbons (Fsp3) is 0.160. The van der Waals surface area contributed by atoms with E-state index in [0.29, 0.717) is 6.42 Å². The van der Waals surface area contributed by atoms with Crippen molar-refractivity contribution in [3.05, 3.63) is 123 Å². The molecular weight excluding hydrogens is 471 g/mol. The summed E-state index contributed by atoms with van der Waals surface area (Å²) in [5.41, 5.74) is 4.96. The molecule has 0 unspecified atom stereocenters. The van der Waals surface area contributed by atoms with Crippen molar-refractivity contribution >= 4 is 22.6 Å². The van der Waals surface area contributed by atoms with Gasteiger partial charge in [-0.2, -0.15) is 0 Å². The summed E-state index contributed by atoms with van der Waals surface area (Å²) >= 11 is 2.32. The Bertz CT molecular complexity index is 979. The van der Waals surface area contributed by atoms with Crippen LogP contribution in [0.5, 0.6) is 0 Å². The van der Waals surface area contributed by atoms with E-state index in [4.69, 9.17) is 4.98 Å². The zero-order valence-electron chi connectivity index (χ0n) is 16.3. The summed E-state index contributed by atoms with van der Waals surface area (Å²) in [6.07, 6.45) is 0.545. The van der Waals surface area contributed by atoms with Crippen LogP contribution in [0.4, 0.5) is 0 Å². The minimum Gasteiger partial charge on any atom is -0.396 e. The monoisotopic (exact) mass is 494 g/mol. The molecule has 1 aromatic heterocycles. The topological polar surface area (TPSA) is 38.1 Å². The highest BCUT2D eigenvalue weighted by atomic mass is 127. The van der Waals surface area contributed by atoms with Crippen LogP contribution >= 0.6 is 22.6 Å². The van der Waals surface area contributed by atoms with Gasteiger partial charge in [-0.25, -0.2) is 4.98 Å². The van der Waals surface area contributed by atoms with E-state index in [9.17, 15) is 5.11 Å². The first-order valence-electron chi connectivity index (χ1n) is 9.71. The molecule has 4 rings (SSSR count). The van der Waals surface area contributed by atoms with Gasteiger partial charge in [-0.3, -0.25) is 0 Å². The van der Waals surface area contributed by atoms with Crippen molar-refractivity contribution in [3.8, 4) is 0 Å². The first-order valence-corrected chi connectivity index (χ1v) is 10.8. The van der Waals surface area contributed by atoms with Crippen molar-refractivity contribution in [2.75, 3.05) is 6.61 Å². The maximum atomic E-state index is 9.55. The number of nitrogens with zero attached hydrogens (tertiary/aromatic N) is 2. The van der Waals surface area contributed by atoms with Crippen LogP contribution < -0.4 is 0 Å². The van der Waals surface area contributed by atoms with Gasteiger partial charge in [0.15, 0.2) is 3.83 Å². The molecule has 146 valence electrons. The molecule has 0 amide bonds. The lowest BCUT2D eigenvalue weighted by Gasteiger charge is -2.39. The third kappa shape index (κ3) is 3.40. The minimum absolute atomic E-state index is 0.0863. The number of aliphatic hydroxyl groups excluding tert-OH is 1. The summed E-state index contributed by atoms with van der Waals surface area (Å²) < 4.78 is 3.22. The van der Waals surface area contributed by atoms with Crippen molar-refractivity contribution < 1.29 is 5.11 Å². The molecule has 0 aliphatic heterocycles. The highest BCUT2D eigenvalue weighted by Gasteiger charge is 2.41. The van der Waals surface area contributed by atoms with Crippen LogP contribution in [0.2, 0.25) is 0 Å². The van der Waals surface area contributed by atoms with Gasteiger partial charge in [0, 0.05) is 18.7 Å². The Kier molecular flexibility index (Phi) is 5.83. The van der Waals surface area contributed by atoms with Gasteiger partial charge in [0.25, 0.3) is 0 Å². The van der Waals surface area contributed by atoms with Gasteiger partial charge in [-0.05, 0) is 46.2 Å². The SMILES string of the molecule is Cc1c(CCO)nc(I)n1C(c1ccccc1)(c1ccccc1)c1ccccc1. The van der Waals surface area contributed by atoms with Crippen molar-refractivity contribution in [1.82, 2.24) is 9.55 Å². The number of halogens is 1. The van der Waals surface area contributed by atoms with E-state index in [2.05, 4.69) is 107 Å². The first kappa shape index (κ1) is 19.9. The second kappa shape index (κ2) is 8.51. The molecule has 0 fully saturated rings. The average molecular weight is 494 g/mol. The third-order valence-electron chi connectivity index (χ3n) is 5.42. The molecule has 29 heavy (non-hydrogen) atoms. The van der Waals surface area contributed by atoms with Crippen LogP contribution in [0.25, 0.3) is 0 Å². The smallest absolute Gasteiger partial charge is 0.173 e. The molecule has 3 nitrogen and oxygen atoms in total. The van der Waals surface area contributed by atoms with Gasteiger partial charge in [0.2, 0.25) is 0 Å². The molecule has 0 aliphatic carbocycles. The first-order chi connectivity index (χ1) is 14.2. The Hall–Kier alpha value is -2.44. The number of hydrogen-bond acceptors (Lipinski definition) is 2. The zero-order valence-corrected chi connectivity index (χ0v) is 18.5. The van der Waals surface area contributed by atoms with Crippen molar-refractivity contribution in [2.45, 2.75) is 18.9 Å². The second-order valence-electron chi connectivity index (χ2n) is 7.03. The highest BCUT2D eigenvalue weighted by molar-refractivity contribution is 14.1. The van der Waals surface area contributed by atoms with E-state index in [1.54, 1.807) is 0 Å². The van der Waals surface area contributed by atoms with Crippen LogP contribution in [0, 0.1) is 10.8 Å². The lowest BCUT2D eigenvalue weighted by molar-refractivity contribution is 0.298. The van der Waals surface area contributed by atoms with E-state index in [0.717, 1.165) is 15.2 Å². The van der Waals surface area contributed by atoms with E-state index in [-0.39, 0.29) is 6.61 Å². The van der Waals surface area contributed by atoms with E-state index < -0.39 is 5.54 Å². The van der Waals surface area contributed by atoms with Crippen molar-refractivity contribution in [3.63, 3.8) is 0 Å². The van der Waals surface area contributed by atoms with Crippen LogP contribution in [-0.2, 0) is 12.0 Å². The summed E-state index contributed by atoms with van der Waals surface area (Å²) in [5, 5.41) is 9.55. The number of imidazole rings is 1. The maximum absolute atomic E-state index is 9.55. The fourth-order valence-corrected chi connectivity index (χ4v) is 5.18. The molecule has 0 saturated carbocycles. The minimum atomic E-state index is -0.564. The van der Waals surface area contributed by atoms with Gasteiger partial charge >= 0.3 is 0 Å². The number of benzene rings is 3. The molecule has 0 atom stereocenters. The molecule has 3 aromatic carbocycles. The van der Waals surface area contributed by atoms with E-state index >= 15 is 0 Å². The molecule has 1 heterocycles. The number of rotatable bonds is 6. The zero-order chi connectivity index (χ0) is 20.3. The molecular formula is C25H23IN2O. The van der Waals surface area contributed by atoms with Crippen LogP contribution in [0.15, 0.2) is 91.0 Å². The normalized spacial score (nSPS) is 11.6. The van der Waals surface area contributed by atoms with Gasteiger partial charge in [0.05, 0.1) is 5.69 Å². The van der Waals surface area contributed by atoms with Gasteiger partial charge in [0.1, 0.15) is 5.54 Å². The van der Waals surface area contributed by atoms with Gasteiger partial charge in [-0.1, -0.05) is 91.0 Å². The molecule has 4 heteroatoms. The lowest BCUT2D eigenvalue weighted by atomic mass is 9.76. The molecule has 0 saturated heterocycles. The molecule has 0 bridgehead atoms. The predicted molar refractivity (Wildman–Crippen MR) is 125 cm³/mol. The maximum Gasteiger partial charge on any atom is 0.173 e. The molecule has 4 aromatic rings. The Labute approximate surface area is 185 Å². The summed E-state index contributed by atoms with van der Waals surface area (Å²) in [6.45, 7) is 2.19. The predicted octanol–water partition coefficient (Wildman–Crippen LogP) is 5.17. The molecule has 0 radical (unpaired) electrons. The van der Waals surface area contributed by atoms with E-state index in [1.165, 1.54) is 16.7 Å². The number of aromatic nitrogens is 2.